The van der Waals surface area contributed by atoms with E-state index in [-0.39, 0.29) is 10.9 Å². The highest BCUT2D eigenvalue weighted by Gasteiger charge is 2.37. The van der Waals surface area contributed by atoms with E-state index in [1.807, 2.05) is 11.8 Å². The summed E-state index contributed by atoms with van der Waals surface area (Å²) in [5.74, 6) is 0. The van der Waals surface area contributed by atoms with Gasteiger partial charge in [0, 0.05) is 0 Å². The molecule has 1 aliphatic rings. The normalized spacial score (nSPS) is 14.3. The lowest BCUT2D eigenvalue weighted by Crippen LogP contribution is -2.21. The summed E-state index contributed by atoms with van der Waals surface area (Å²) in [5.41, 5.74) is -5.65. The molecule has 23 heavy (non-hydrogen) atoms. The lowest BCUT2D eigenvalue weighted by Gasteiger charge is -2.15. The van der Waals surface area contributed by atoms with Crippen molar-refractivity contribution < 1.29 is 26.1 Å². The molecular weight excluding hydrogens is 369 g/mol. The molecule has 0 radical (unpaired) electrons. The molecule has 3 nitrogen and oxygen atoms in total. The summed E-state index contributed by atoms with van der Waals surface area (Å²) >= 11 is 1.89. The smallest absolute Gasteiger partial charge is 0.485 e. The number of alkyl halides is 3. The lowest BCUT2D eigenvalue weighted by molar-refractivity contribution is -0.0517. The molecule has 1 heterocycles. The largest absolute Gasteiger partial charge is 0.741 e. The molecule has 0 saturated heterocycles. The monoisotopic (exact) mass is 380 g/mol. The first-order valence-electron chi connectivity index (χ1n) is 6.15. The standard InChI is InChI=1S/C13H11S2.CHF3O3S/c1-15-12-8-4-2-6-10(12)14-11-7-3-5-9-13(11)15;2-1(3,4)8(5,6)7/h2-9H,1H3;(H,5,6,7)/q+1;/p-1. The molecule has 0 bridgehead atoms. The zero-order chi connectivity index (χ0) is 17.3. The Balaban J connectivity index is 0.000000207. The Kier molecular flexibility index (Phi) is 5.34. The van der Waals surface area contributed by atoms with Crippen LogP contribution in [0, 0.1) is 0 Å². The highest BCUT2D eigenvalue weighted by molar-refractivity contribution is 8.03. The van der Waals surface area contributed by atoms with Gasteiger partial charge in [-0.15, -0.1) is 0 Å². The van der Waals surface area contributed by atoms with Crippen molar-refractivity contribution in [3.63, 3.8) is 0 Å². The van der Waals surface area contributed by atoms with Crippen molar-refractivity contribution in [3.05, 3.63) is 48.5 Å². The number of fused-ring (bicyclic) bond motifs is 2. The average Bonchev–Trinajstić information content (AvgIpc) is 2.46. The van der Waals surface area contributed by atoms with Crippen molar-refractivity contribution in [2.24, 2.45) is 0 Å². The first kappa shape index (κ1) is 18.2. The second-order valence-electron chi connectivity index (χ2n) is 4.41. The second-order valence-corrected chi connectivity index (χ2v) is 8.76. The van der Waals surface area contributed by atoms with Crippen LogP contribution in [0.2, 0.25) is 0 Å². The molecule has 1 aliphatic heterocycles. The number of halogens is 3. The van der Waals surface area contributed by atoms with E-state index in [0.29, 0.717) is 0 Å². The van der Waals surface area contributed by atoms with Gasteiger partial charge >= 0.3 is 5.51 Å². The van der Waals surface area contributed by atoms with Gasteiger partial charge < -0.3 is 4.55 Å². The fourth-order valence-corrected chi connectivity index (χ4v) is 5.22. The van der Waals surface area contributed by atoms with E-state index < -0.39 is 15.6 Å². The van der Waals surface area contributed by atoms with Crippen LogP contribution in [-0.2, 0) is 21.0 Å². The van der Waals surface area contributed by atoms with Crippen LogP contribution in [0.5, 0.6) is 0 Å². The van der Waals surface area contributed by atoms with Gasteiger partial charge in [0.2, 0.25) is 0 Å². The maximum atomic E-state index is 10.7. The summed E-state index contributed by atoms with van der Waals surface area (Å²) in [6, 6.07) is 17.5. The second kappa shape index (κ2) is 6.76. The predicted molar refractivity (Wildman–Crippen MR) is 82.6 cm³/mol. The fraction of sp³-hybridized carbons (Fsp3) is 0.143. The first-order chi connectivity index (χ1) is 10.6. The van der Waals surface area contributed by atoms with Crippen molar-refractivity contribution in [1.29, 1.82) is 0 Å². The predicted octanol–water partition coefficient (Wildman–Crippen LogP) is 3.87. The SMILES string of the molecule is C[S+]1c2ccccc2Sc2ccccc21.O=S(=O)([O-])C(F)(F)F. The molecule has 0 unspecified atom stereocenters. The van der Waals surface area contributed by atoms with Crippen molar-refractivity contribution in [3.8, 4) is 0 Å². The van der Waals surface area contributed by atoms with E-state index in [4.69, 9.17) is 13.0 Å². The number of hydrogen-bond acceptors (Lipinski definition) is 4. The molecule has 0 N–H and O–H groups in total. The minimum Gasteiger partial charge on any atom is -0.741 e. The third kappa shape index (κ3) is 4.23. The van der Waals surface area contributed by atoms with Gasteiger partial charge in [-0.05, 0) is 24.3 Å². The molecule has 3 rings (SSSR count). The van der Waals surface area contributed by atoms with E-state index in [9.17, 15) is 13.2 Å². The Morgan fingerprint density at radius 2 is 1.30 bits per heavy atom. The van der Waals surface area contributed by atoms with Crippen LogP contribution in [0.15, 0.2) is 68.1 Å². The summed E-state index contributed by atoms with van der Waals surface area (Å²) in [6.07, 6.45) is 2.32. The molecule has 0 aliphatic carbocycles. The first-order valence-corrected chi connectivity index (χ1v) is 10.0. The Bertz CT molecular complexity index is 759. The Labute approximate surface area is 139 Å². The minimum atomic E-state index is -6.09. The van der Waals surface area contributed by atoms with Gasteiger partial charge in [0.1, 0.15) is 6.26 Å². The van der Waals surface area contributed by atoms with Crippen LogP contribution in [0.1, 0.15) is 0 Å². The molecule has 9 heteroatoms. The number of hydrogen-bond donors (Lipinski definition) is 0. The van der Waals surface area contributed by atoms with Crippen molar-refractivity contribution in [2.45, 2.75) is 25.1 Å². The topological polar surface area (TPSA) is 57.2 Å². The number of benzene rings is 2. The van der Waals surface area contributed by atoms with Gasteiger partial charge in [0.15, 0.2) is 19.9 Å². The summed E-state index contributed by atoms with van der Waals surface area (Å²) in [4.78, 5) is 5.81. The molecule has 0 atom stereocenters. The quantitative estimate of drug-likeness (QED) is 0.396. The summed E-state index contributed by atoms with van der Waals surface area (Å²) in [6.45, 7) is 0. The van der Waals surface area contributed by atoms with E-state index in [1.54, 1.807) is 0 Å². The van der Waals surface area contributed by atoms with Gasteiger partial charge in [0.05, 0.1) is 20.7 Å². The molecule has 0 fully saturated rings. The molecule has 0 spiro atoms. The highest BCUT2D eigenvalue weighted by atomic mass is 32.2. The highest BCUT2D eigenvalue weighted by Crippen LogP contribution is 2.44. The van der Waals surface area contributed by atoms with Crippen LogP contribution >= 0.6 is 11.8 Å². The fourth-order valence-electron chi connectivity index (χ4n) is 1.81. The van der Waals surface area contributed by atoms with Crippen LogP contribution < -0.4 is 0 Å². The van der Waals surface area contributed by atoms with Crippen LogP contribution in [-0.4, -0.2) is 24.7 Å². The molecule has 0 aromatic heterocycles. The molecular formula is C14H11F3O3S3. The summed E-state index contributed by atoms with van der Waals surface area (Å²) < 4.78 is 58.9. The Hall–Kier alpha value is -1.16. The van der Waals surface area contributed by atoms with Crippen LogP contribution in [0.3, 0.4) is 0 Å². The third-order valence-electron chi connectivity index (χ3n) is 2.86. The molecule has 0 amide bonds. The van der Waals surface area contributed by atoms with E-state index in [1.165, 1.54) is 19.6 Å². The maximum absolute atomic E-state index is 10.7. The Morgan fingerprint density at radius 3 is 1.65 bits per heavy atom. The van der Waals surface area contributed by atoms with Gasteiger partial charge in [-0.3, -0.25) is 0 Å². The summed E-state index contributed by atoms with van der Waals surface area (Å²) in [5, 5.41) is 0. The maximum Gasteiger partial charge on any atom is 0.485 e. The van der Waals surface area contributed by atoms with E-state index in [0.717, 1.165) is 0 Å². The van der Waals surface area contributed by atoms with E-state index >= 15 is 0 Å². The van der Waals surface area contributed by atoms with Gasteiger partial charge in [-0.1, -0.05) is 36.0 Å². The summed E-state index contributed by atoms with van der Waals surface area (Å²) in [7, 11) is -5.85. The van der Waals surface area contributed by atoms with Crippen molar-refractivity contribution in [2.75, 3.05) is 6.26 Å². The molecule has 2 aromatic rings. The number of rotatable bonds is 0. The third-order valence-corrected chi connectivity index (χ3v) is 6.87. The minimum absolute atomic E-state index is 0.239. The van der Waals surface area contributed by atoms with Crippen LogP contribution in [0.25, 0.3) is 0 Å². The van der Waals surface area contributed by atoms with Crippen LogP contribution in [0.4, 0.5) is 13.2 Å². The molecule has 0 saturated carbocycles. The Morgan fingerprint density at radius 1 is 0.957 bits per heavy atom. The molecule has 124 valence electrons. The van der Waals surface area contributed by atoms with Gasteiger partial charge in [-0.25, -0.2) is 8.42 Å². The van der Waals surface area contributed by atoms with Gasteiger partial charge in [0.25, 0.3) is 0 Å². The van der Waals surface area contributed by atoms with E-state index in [2.05, 4.69) is 54.8 Å². The zero-order valence-corrected chi connectivity index (χ0v) is 14.2. The van der Waals surface area contributed by atoms with Crippen molar-refractivity contribution in [1.82, 2.24) is 0 Å². The lowest BCUT2D eigenvalue weighted by atomic mass is 10.3. The zero-order valence-electron chi connectivity index (χ0n) is 11.7. The van der Waals surface area contributed by atoms with Crippen molar-refractivity contribution >= 4 is 32.8 Å². The molecule has 2 aromatic carbocycles. The average molecular weight is 380 g/mol. The van der Waals surface area contributed by atoms with Gasteiger partial charge in [-0.2, -0.15) is 13.2 Å².